The van der Waals surface area contributed by atoms with Crippen molar-refractivity contribution >= 4 is 15.7 Å². The molecule has 8 heteroatoms. The number of aromatic nitrogens is 2. The summed E-state index contributed by atoms with van der Waals surface area (Å²) in [6.07, 6.45) is 9.16. The number of carbonyl (C=O) groups excluding carboxylic acids is 1. The maximum atomic E-state index is 13.0. The van der Waals surface area contributed by atoms with Gasteiger partial charge >= 0.3 is 0 Å². The van der Waals surface area contributed by atoms with Crippen molar-refractivity contribution < 1.29 is 17.9 Å². The lowest BCUT2D eigenvalue weighted by Gasteiger charge is -2.16. The van der Waals surface area contributed by atoms with Gasteiger partial charge in [0.2, 0.25) is 5.88 Å². The fourth-order valence-electron chi connectivity index (χ4n) is 3.13. The zero-order valence-electron chi connectivity index (χ0n) is 16.8. The van der Waals surface area contributed by atoms with Gasteiger partial charge in [-0.25, -0.2) is 13.4 Å². The van der Waals surface area contributed by atoms with Crippen LogP contribution in [0.25, 0.3) is 0 Å². The van der Waals surface area contributed by atoms with Gasteiger partial charge in [-0.3, -0.25) is 4.79 Å². The normalized spacial score (nSPS) is 17.6. The number of ether oxygens (including phenoxy) is 1. The Labute approximate surface area is 176 Å². The molecular weight excluding hydrogens is 402 g/mol. The molecule has 4 rings (SSSR count). The molecule has 2 aliphatic rings. The van der Waals surface area contributed by atoms with Crippen LogP contribution in [0.1, 0.15) is 54.2 Å². The third-order valence-electron chi connectivity index (χ3n) is 5.08. The summed E-state index contributed by atoms with van der Waals surface area (Å²) in [5.41, 5.74) is 0.233. The van der Waals surface area contributed by atoms with Crippen LogP contribution in [0.3, 0.4) is 0 Å². The molecule has 30 heavy (non-hydrogen) atoms. The maximum absolute atomic E-state index is 13.0. The van der Waals surface area contributed by atoms with Crippen molar-refractivity contribution in [1.82, 2.24) is 15.3 Å². The standard InChI is InChI=1S/C22H25N3O4S/c1-30(27,28)12-11-17(13-15-7-8-15)24-21(26)19-14-23-20(16-9-10-16)25-22(19)29-18-5-3-2-4-6-18/h2-6,11-12,14-17H,7-10,13H2,1H3,(H,24,26)/b12-11+. The molecule has 1 N–H and O–H groups in total. The lowest BCUT2D eigenvalue weighted by Crippen LogP contribution is -2.34. The molecule has 0 aliphatic heterocycles. The molecule has 2 aromatic rings. The van der Waals surface area contributed by atoms with Crippen LogP contribution in [-0.4, -0.2) is 36.6 Å². The number of amides is 1. The molecule has 0 spiro atoms. The summed E-state index contributed by atoms with van der Waals surface area (Å²) in [6, 6.07) is 8.79. The Kier molecular flexibility index (Phi) is 5.85. The molecule has 158 valence electrons. The number of hydrogen-bond donors (Lipinski definition) is 1. The molecule has 7 nitrogen and oxygen atoms in total. The minimum Gasteiger partial charge on any atom is -0.438 e. The molecule has 0 radical (unpaired) electrons. The molecule has 2 aliphatic carbocycles. The Morgan fingerprint density at radius 1 is 1.23 bits per heavy atom. The average molecular weight is 428 g/mol. The second-order valence-electron chi connectivity index (χ2n) is 8.05. The summed E-state index contributed by atoms with van der Waals surface area (Å²) in [6.45, 7) is 0. The number of benzene rings is 1. The summed E-state index contributed by atoms with van der Waals surface area (Å²) >= 11 is 0. The Bertz CT molecular complexity index is 1050. The average Bonchev–Trinajstić information content (AvgIpc) is 3.61. The Hall–Kier alpha value is -2.74. The van der Waals surface area contributed by atoms with Gasteiger partial charge in [0.1, 0.15) is 17.1 Å². The molecule has 1 aromatic carbocycles. The van der Waals surface area contributed by atoms with E-state index in [4.69, 9.17) is 4.74 Å². The zero-order chi connectivity index (χ0) is 21.1. The second kappa shape index (κ2) is 8.55. The molecule has 1 amide bonds. The molecule has 1 heterocycles. The fraction of sp³-hybridized carbons (Fsp3) is 0.409. The van der Waals surface area contributed by atoms with E-state index in [-0.39, 0.29) is 23.4 Å². The minimum absolute atomic E-state index is 0.216. The van der Waals surface area contributed by atoms with Crippen molar-refractivity contribution in [1.29, 1.82) is 0 Å². The number of rotatable bonds is 9. The fourth-order valence-corrected chi connectivity index (χ4v) is 3.61. The molecule has 1 atom stereocenters. The first kappa shape index (κ1) is 20.5. The van der Waals surface area contributed by atoms with Crippen LogP contribution < -0.4 is 10.1 Å². The Morgan fingerprint density at radius 3 is 2.60 bits per heavy atom. The maximum Gasteiger partial charge on any atom is 0.258 e. The largest absolute Gasteiger partial charge is 0.438 e. The zero-order valence-corrected chi connectivity index (χ0v) is 17.6. The monoisotopic (exact) mass is 427 g/mol. The van der Waals surface area contributed by atoms with Crippen LogP contribution in [0, 0.1) is 5.92 Å². The highest BCUT2D eigenvalue weighted by Crippen LogP contribution is 2.39. The van der Waals surface area contributed by atoms with E-state index >= 15 is 0 Å². The number of nitrogens with one attached hydrogen (secondary N) is 1. The van der Waals surface area contributed by atoms with Gasteiger partial charge in [0.05, 0.1) is 0 Å². The van der Waals surface area contributed by atoms with Gasteiger partial charge < -0.3 is 10.1 Å². The van der Waals surface area contributed by atoms with Gasteiger partial charge in [0.25, 0.3) is 5.91 Å². The number of para-hydroxylation sites is 1. The first-order valence-electron chi connectivity index (χ1n) is 10.2. The summed E-state index contributed by atoms with van der Waals surface area (Å²) in [5, 5.41) is 4.06. The van der Waals surface area contributed by atoms with E-state index < -0.39 is 9.84 Å². The molecule has 1 aromatic heterocycles. The summed E-state index contributed by atoms with van der Waals surface area (Å²) in [5.74, 6) is 1.93. The van der Waals surface area contributed by atoms with Crippen molar-refractivity contribution in [2.75, 3.05) is 6.26 Å². The number of nitrogens with zero attached hydrogens (tertiary/aromatic N) is 2. The number of sulfone groups is 1. The highest BCUT2D eigenvalue weighted by Gasteiger charge is 2.30. The summed E-state index contributed by atoms with van der Waals surface area (Å²) in [7, 11) is -3.27. The van der Waals surface area contributed by atoms with E-state index in [1.807, 2.05) is 18.2 Å². The van der Waals surface area contributed by atoms with Crippen molar-refractivity contribution in [3.05, 3.63) is 59.4 Å². The minimum atomic E-state index is -3.27. The van der Waals surface area contributed by atoms with Gasteiger partial charge in [-0.2, -0.15) is 4.98 Å². The van der Waals surface area contributed by atoms with Crippen LogP contribution in [0.2, 0.25) is 0 Å². The van der Waals surface area contributed by atoms with E-state index in [0.717, 1.165) is 37.3 Å². The molecule has 0 saturated heterocycles. The van der Waals surface area contributed by atoms with Crippen LogP contribution >= 0.6 is 0 Å². The lowest BCUT2D eigenvalue weighted by molar-refractivity contribution is 0.0938. The third-order valence-corrected chi connectivity index (χ3v) is 5.73. The molecule has 0 bridgehead atoms. The predicted octanol–water partition coefficient (Wildman–Crippen LogP) is 3.60. The first-order chi connectivity index (χ1) is 14.4. The van der Waals surface area contributed by atoms with Crippen LogP contribution in [0.5, 0.6) is 11.6 Å². The van der Waals surface area contributed by atoms with Gasteiger partial charge in [0, 0.05) is 29.8 Å². The molecular formula is C22H25N3O4S. The van der Waals surface area contributed by atoms with E-state index in [2.05, 4.69) is 15.3 Å². The quantitative estimate of drug-likeness (QED) is 0.657. The Balaban J connectivity index is 1.57. The second-order valence-corrected chi connectivity index (χ2v) is 9.98. The van der Waals surface area contributed by atoms with E-state index in [1.54, 1.807) is 18.2 Å². The van der Waals surface area contributed by atoms with Crippen LogP contribution in [0.4, 0.5) is 0 Å². The third kappa shape index (κ3) is 5.89. The van der Waals surface area contributed by atoms with E-state index in [0.29, 0.717) is 29.8 Å². The molecule has 1 unspecified atom stereocenters. The molecule has 2 fully saturated rings. The Morgan fingerprint density at radius 2 is 1.97 bits per heavy atom. The van der Waals surface area contributed by atoms with E-state index in [9.17, 15) is 13.2 Å². The van der Waals surface area contributed by atoms with Gasteiger partial charge in [-0.1, -0.05) is 37.1 Å². The van der Waals surface area contributed by atoms with Crippen molar-refractivity contribution in [2.45, 2.75) is 44.1 Å². The van der Waals surface area contributed by atoms with Gasteiger partial charge in [0.15, 0.2) is 9.84 Å². The van der Waals surface area contributed by atoms with Crippen molar-refractivity contribution in [3.63, 3.8) is 0 Å². The van der Waals surface area contributed by atoms with Gasteiger partial charge in [-0.05, 0) is 37.3 Å². The smallest absolute Gasteiger partial charge is 0.258 e. The first-order valence-corrected chi connectivity index (χ1v) is 12.1. The van der Waals surface area contributed by atoms with Crippen LogP contribution in [-0.2, 0) is 9.84 Å². The van der Waals surface area contributed by atoms with Crippen molar-refractivity contribution in [2.24, 2.45) is 5.92 Å². The van der Waals surface area contributed by atoms with Crippen LogP contribution in [0.15, 0.2) is 48.0 Å². The predicted molar refractivity (Wildman–Crippen MR) is 113 cm³/mol. The SMILES string of the molecule is CS(=O)(=O)/C=C/C(CC1CC1)NC(=O)c1cnc(C2CC2)nc1Oc1ccccc1. The summed E-state index contributed by atoms with van der Waals surface area (Å²) in [4.78, 5) is 21.9. The topological polar surface area (TPSA) is 98.2 Å². The highest BCUT2D eigenvalue weighted by atomic mass is 32.2. The van der Waals surface area contributed by atoms with E-state index in [1.165, 1.54) is 6.20 Å². The van der Waals surface area contributed by atoms with Crippen molar-refractivity contribution in [3.8, 4) is 11.6 Å². The lowest BCUT2D eigenvalue weighted by atomic mass is 10.1. The van der Waals surface area contributed by atoms with Gasteiger partial charge in [-0.15, -0.1) is 0 Å². The highest BCUT2D eigenvalue weighted by molar-refractivity contribution is 7.93. The number of carbonyl (C=O) groups is 1. The number of hydrogen-bond acceptors (Lipinski definition) is 6. The summed E-state index contributed by atoms with van der Waals surface area (Å²) < 4.78 is 28.9. The molecule has 2 saturated carbocycles.